The van der Waals surface area contributed by atoms with Crippen LogP contribution in [0.2, 0.25) is 0 Å². The van der Waals surface area contributed by atoms with E-state index < -0.39 is 24.2 Å². The highest BCUT2D eigenvalue weighted by atomic mass is 19.3. The second-order valence-corrected chi connectivity index (χ2v) is 4.75. The molecular formula is C16H12F4N2O3. The molecule has 0 aliphatic rings. The van der Waals surface area contributed by atoms with Crippen molar-refractivity contribution in [3.8, 4) is 11.5 Å². The Morgan fingerprint density at radius 3 is 2.60 bits per heavy atom. The number of nitrogens with one attached hydrogen (secondary N) is 1. The fraction of sp³-hybridized carbons (Fsp3) is 0.125. The SMILES string of the molecule is O=C(N/N=C/c1ccccc1O)c1cccc(OC(F)(F)C(F)F)c1. The summed E-state index contributed by atoms with van der Waals surface area (Å²) in [5.41, 5.74) is 2.33. The Kier molecular flexibility index (Phi) is 5.58. The molecule has 0 radical (unpaired) electrons. The molecule has 2 aromatic carbocycles. The van der Waals surface area contributed by atoms with Crippen molar-refractivity contribution in [2.24, 2.45) is 5.10 Å². The van der Waals surface area contributed by atoms with E-state index in [1.54, 1.807) is 18.2 Å². The van der Waals surface area contributed by atoms with Gasteiger partial charge in [-0.05, 0) is 30.3 Å². The lowest BCUT2D eigenvalue weighted by Gasteiger charge is -2.16. The highest BCUT2D eigenvalue weighted by molar-refractivity contribution is 5.95. The molecule has 0 heterocycles. The Hall–Kier alpha value is -3.10. The first-order chi connectivity index (χ1) is 11.8. The number of amides is 1. The van der Waals surface area contributed by atoms with Gasteiger partial charge in [-0.3, -0.25) is 4.79 Å². The van der Waals surface area contributed by atoms with E-state index in [1.165, 1.54) is 24.4 Å². The van der Waals surface area contributed by atoms with Gasteiger partial charge in [0.25, 0.3) is 5.91 Å². The van der Waals surface area contributed by atoms with Crippen molar-refractivity contribution < 1.29 is 32.2 Å². The number of carbonyl (C=O) groups is 1. The van der Waals surface area contributed by atoms with Crippen LogP contribution in [0.3, 0.4) is 0 Å². The molecule has 5 nitrogen and oxygen atoms in total. The van der Waals surface area contributed by atoms with Gasteiger partial charge in [-0.2, -0.15) is 22.7 Å². The predicted molar refractivity (Wildman–Crippen MR) is 81.2 cm³/mol. The number of phenols is 1. The molecule has 1 amide bonds. The summed E-state index contributed by atoms with van der Waals surface area (Å²) in [6.45, 7) is 0. The largest absolute Gasteiger partial charge is 0.507 e. The van der Waals surface area contributed by atoms with E-state index in [-0.39, 0.29) is 11.3 Å². The van der Waals surface area contributed by atoms with Gasteiger partial charge in [-0.1, -0.05) is 18.2 Å². The number of nitrogens with zero attached hydrogens (tertiary/aromatic N) is 1. The number of rotatable bonds is 6. The Labute approximate surface area is 139 Å². The third kappa shape index (κ3) is 4.93. The Morgan fingerprint density at radius 2 is 1.92 bits per heavy atom. The number of aromatic hydroxyl groups is 1. The van der Waals surface area contributed by atoms with Gasteiger partial charge in [0.15, 0.2) is 0 Å². The highest BCUT2D eigenvalue weighted by Gasteiger charge is 2.44. The summed E-state index contributed by atoms with van der Waals surface area (Å²) in [5.74, 6) is -1.43. The molecule has 2 N–H and O–H groups in total. The van der Waals surface area contributed by atoms with E-state index in [0.717, 1.165) is 12.1 Å². The number of phenolic OH excluding ortho intramolecular Hbond substituents is 1. The van der Waals surface area contributed by atoms with Crippen LogP contribution < -0.4 is 10.2 Å². The molecule has 2 aromatic rings. The number of hydrogen-bond acceptors (Lipinski definition) is 4. The fourth-order valence-electron chi connectivity index (χ4n) is 1.72. The zero-order valence-corrected chi connectivity index (χ0v) is 12.5. The molecule has 0 unspecified atom stereocenters. The van der Waals surface area contributed by atoms with Crippen LogP contribution in [0.15, 0.2) is 53.6 Å². The van der Waals surface area contributed by atoms with Gasteiger partial charge >= 0.3 is 12.5 Å². The van der Waals surface area contributed by atoms with Crippen LogP contribution >= 0.6 is 0 Å². The number of alkyl halides is 4. The molecule has 0 fully saturated rings. The van der Waals surface area contributed by atoms with Gasteiger partial charge in [0.2, 0.25) is 0 Å². The van der Waals surface area contributed by atoms with Crippen LogP contribution in [0.4, 0.5) is 17.6 Å². The van der Waals surface area contributed by atoms with Crippen LogP contribution in [0.25, 0.3) is 0 Å². The first-order valence-corrected chi connectivity index (χ1v) is 6.86. The first-order valence-electron chi connectivity index (χ1n) is 6.86. The van der Waals surface area contributed by atoms with Crippen molar-refractivity contribution in [3.05, 3.63) is 59.7 Å². The van der Waals surface area contributed by atoms with E-state index in [2.05, 4.69) is 15.3 Å². The Bertz CT molecular complexity index is 781. The Balaban J connectivity index is 2.05. The maximum Gasteiger partial charge on any atom is 0.461 e. The summed E-state index contributed by atoms with van der Waals surface area (Å²) in [4.78, 5) is 11.9. The molecule has 2 rings (SSSR count). The number of carbonyl (C=O) groups excluding carboxylic acids is 1. The van der Waals surface area contributed by atoms with Gasteiger partial charge in [0.1, 0.15) is 11.5 Å². The zero-order valence-electron chi connectivity index (χ0n) is 12.5. The maximum absolute atomic E-state index is 12.9. The average molecular weight is 356 g/mol. The minimum Gasteiger partial charge on any atom is -0.507 e. The van der Waals surface area contributed by atoms with Crippen LogP contribution in [-0.2, 0) is 0 Å². The average Bonchev–Trinajstić information content (AvgIpc) is 2.56. The molecule has 0 spiro atoms. The van der Waals surface area contributed by atoms with E-state index in [0.29, 0.717) is 5.56 Å². The molecular weight excluding hydrogens is 344 g/mol. The monoisotopic (exact) mass is 356 g/mol. The second-order valence-electron chi connectivity index (χ2n) is 4.75. The first kappa shape index (κ1) is 18.2. The molecule has 0 aromatic heterocycles. The smallest absolute Gasteiger partial charge is 0.461 e. The maximum atomic E-state index is 12.9. The second kappa shape index (κ2) is 7.65. The molecule has 0 atom stereocenters. The minimum atomic E-state index is -4.67. The molecule has 0 aliphatic heterocycles. The fourth-order valence-corrected chi connectivity index (χ4v) is 1.72. The summed E-state index contributed by atoms with van der Waals surface area (Å²) in [6, 6.07) is 10.6. The van der Waals surface area contributed by atoms with Gasteiger partial charge in [-0.15, -0.1) is 0 Å². The number of hydrazone groups is 1. The summed E-state index contributed by atoms with van der Waals surface area (Å²) < 4.78 is 53.9. The molecule has 25 heavy (non-hydrogen) atoms. The lowest BCUT2D eigenvalue weighted by atomic mass is 10.2. The zero-order chi connectivity index (χ0) is 18.4. The number of halogens is 4. The van der Waals surface area contributed by atoms with Crippen molar-refractivity contribution in [1.82, 2.24) is 5.43 Å². The molecule has 0 bridgehead atoms. The van der Waals surface area contributed by atoms with Crippen molar-refractivity contribution in [2.45, 2.75) is 12.5 Å². The molecule has 132 valence electrons. The van der Waals surface area contributed by atoms with E-state index >= 15 is 0 Å². The quantitative estimate of drug-likeness (QED) is 0.473. The van der Waals surface area contributed by atoms with Crippen molar-refractivity contribution in [2.75, 3.05) is 0 Å². The lowest BCUT2D eigenvalue weighted by Crippen LogP contribution is -2.33. The summed E-state index contributed by atoms with van der Waals surface area (Å²) in [6.07, 6.45) is -7.50. The molecule has 9 heteroatoms. The normalized spacial score (nSPS) is 11.7. The third-order valence-corrected chi connectivity index (χ3v) is 2.91. The molecule has 0 saturated heterocycles. The van der Waals surface area contributed by atoms with E-state index in [1.807, 2.05) is 0 Å². The topological polar surface area (TPSA) is 70.9 Å². The minimum absolute atomic E-state index is 0.0508. The molecule has 0 saturated carbocycles. The lowest BCUT2D eigenvalue weighted by molar-refractivity contribution is -0.253. The predicted octanol–water partition coefficient (Wildman–Crippen LogP) is 3.39. The number of hydrogen-bond donors (Lipinski definition) is 2. The number of ether oxygens (including phenoxy) is 1. The van der Waals surface area contributed by atoms with Crippen molar-refractivity contribution in [1.29, 1.82) is 0 Å². The van der Waals surface area contributed by atoms with Crippen LogP contribution in [0, 0.1) is 0 Å². The highest BCUT2D eigenvalue weighted by Crippen LogP contribution is 2.27. The number of benzene rings is 2. The van der Waals surface area contributed by atoms with Crippen LogP contribution in [-0.4, -0.2) is 29.8 Å². The standard InChI is InChI=1S/C16H12F4N2O3/c17-15(18)16(19,20)25-12-6-3-5-10(8-12)14(24)22-21-9-11-4-1-2-7-13(11)23/h1-9,15,23H,(H,22,24)/b21-9+. The summed E-state index contributed by atoms with van der Waals surface area (Å²) >= 11 is 0. The Morgan fingerprint density at radius 1 is 1.20 bits per heavy atom. The van der Waals surface area contributed by atoms with Crippen LogP contribution in [0.1, 0.15) is 15.9 Å². The van der Waals surface area contributed by atoms with Gasteiger partial charge in [-0.25, -0.2) is 5.43 Å². The van der Waals surface area contributed by atoms with Gasteiger partial charge in [0.05, 0.1) is 6.21 Å². The summed E-state index contributed by atoms with van der Waals surface area (Å²) in [5, 5.41) is 13.1. The van der Waals surface area contributed by atoms with Gasteiger partial charge < -0.3 is 9.84 Å². The van der Waals surface area contributed by atoms with E-state index in [4.69, 9.17) is 0 Å². The van der Waals surface area contributed by atoms with Crippen molar-refractivity contribution in [3.63, 3.8) is 0 Å². The van der Waals surface area contributed by atoms with Gasteiger partial charge in [0, 0.05) is 11.1 Å². The summed E-state index contributed by atoms with van der Waals surface area (Å²) in [7, 11) is 0. The van der Waals surface area contributed by atoms with Crippen molar-refractivity contribution >= 4 is 12.1 Å². The molecule has 0 aliphatic carbocycles. The number of para-hydroxylation sites is 1. The van der Waals surface area contributed by atoms with E-state index in [9.17, 15) is 27.5 Å². The van der Waals surface area contributed by atoms with Crippen LogP contribution in [0.5, 0.6) is 11.5 Å². The third-order valence-electron chi connectivity index (χ3n) is 2.91.